The van der Waals surface area contributed by atoms with Crippen LogP contribution in [0.3, 0.4) is 0 Å². The summed E-state index contributed by atoms with van der Waals surface area (Å²) in [6.45, 7) is 11.2. The first-order valence-electron chi connectivity index (χ1n) is 12.1. The van der Waals surface area contributed by atoms with E-state index in [2.05, 4.69) is 27.7 Å². The van der Waals surface area contributed by atoms with E-state index in [9.17, 15) is 24.9 Å². The summed E-state index contributed by atoms with van der Waals surface area (Å²) in [5.41, 5.74) is -0.0292. The molecule has 0 spiro atoms. The van der Waals surface area contributed by atoms with Crippen LogP contribution >= 0.6 is 0 Å². The number of benzene rings is 1. The Balaban J connectivity index is 1.73. The van der Waals surface area contributed by atoms with E-state index in [4.69, 9.17) is 0 Å². The fourth-order valence-corrected chi connectivity index (χ4v) is 8.50. The molecule has 3 aliphatic carbocycles. The van der Waals surface area contributed by atoms with Crippen molar-refractivity contribution in [2.75, 3.05) is 0 Å². The molecular formula is C27H38O5. The first kappa shape index (κ1) is 23.1. The third-order valence-corrected chi connectivity index (χ3v) is 10.9. The number of carboxylic acid groups (broad SMARTS) is 2. The molecule has 3 N–H and O–H groups in total. The van der Waals surface area contributed by atoms with Crippen LogP contribution in [0.5, 0.6) is 5.75 Å². The van der Waals surface area contributed by atoms with Crippen molar-refractivity contribution in [1.29, 1.82) is 0 Å². The average Bonchev–Trinajstić information content (AvgIpc) is 3.00. The van der Waals surface area contributed by atoms with E-state index in [1.165, 1.54) is 12.1 Å². The maximum Gasteiger partial charge on any atom is 0.335 e. The number of rotatable bonds is 4. The fraction of sp³-hybridized carbons (Fsp3) is 0.704. The van der Waals surface area contributed by atoms with Crippen LogP contribution in [0.4, 0.5) is 0 Å². The van der Waals surface area contributed by atoms with Gasteiger partial charge in [-0.25, -0.2) is 4.79 Å². The summed E-state index contributed by atoms with van der Waals surface area (Å²) >= 11 is 0. The first-order chi connectivity index (χ1) is 14.8. The molecule has 5 nitrogen and oxygen atoms in total. The van der Waals surface area contributed by atoms with Gasteiger partial charge >= 0.3 is 11.9 Å². The normalized spacial score (nSPS) is 43.3. The van der Waals surface area contributed by atoms with E-state index >= 15 is 0 Å². The number of aromatic carboxylic acids is 1. The second-order valence-corrected chi connectivity index (χ2v) is 12.0. The maximum atomic E-state index is 12.3. The summed E-state index contributed by atoms with van der Waals surface area (Å²) in [6.07, 6.45) is 6.39. The lowest BCUT2D eigenvalue weighted by Crippen LogP contribution is -2.59. The zero-order valence-electron chi connectivity index (χ0n) is 20.1. The van der Waals surface area contributed by atoms with Gasteiger partial charge in [-0.1, -0.05) is 27.7 Å². The molecule has 3 aliphatic rings. The molecule has 3 saturated carbocycles. The van der Waals surface area contributed by atoms with Crippen molar-refractivity contribution >= 4 is 11.9 Å². The maximum absolute atomic E-state index is 12.3. The molecule has 0 amide bonds. The fourth-order valence-electron chi connectivity index (χ4n) is 8.50. The molecule has 0 bridgehead atoms. The summed E-state index contributed by atoms with van der Waals surface area (Å²) in [5.74, 6) is -0.278. The number of hydrogen-bond donors (Lipinski definition) is 3. The van der Waals surface area contributed by atoms with Gasteiger partial charge in [0.05, 0.1) is 11.0 Å². The molecule has 1 aromatic carbocycles. The number of aliphatic carboxylic acids is 1. The summed E-state index contributed by atoms with van der Waals surface area (Å²) in [7, 11) is 0. The van der Waals surface area contributed by atoms with Gasteiger partial charge in [0.2, 0.25) is 0 Å². The molecule has 0 aliphatic heterocycles. The summed E-state index contributed by atoms with van der Waals surface area (Å²) < 4.78 is 0. The summed E-state index contributed by atoms with van der Waals surface area (Å²) in [5, 5.41) is 30.1. The Kier molecular flexibility index (Phi) is 5.23. The van der Waals surface area contributed by atoms with Gasteiger partial charge in [-0.3, -0.25) is 4.79 Å². The zero-order chi connectivity index (χ0) is 23.7. The Morgan fingerprint density at radius 3 is 2.25 bits per heavy atom. The topological polar surface area (TPSA) is 94.8 Å². The van der Waals surface area contributed by atoms with Crippen LogP contribution in [0.2, 0.25) is 0 Å². The minimum Gasteiger partial charge on any atom is -0.508 e. The van der Waals surface area contributed by atoms with E-state index in [0.29, 0.717) is 29.7 Å². The highest BCUT2D eigenvalue weighted by molar-refractivity contribution is 5.88. The number of phenols is 1. The third-order valence-electron chi connectivity index (χ3n) is 10.9. The summed E-state index contributed by atoms with van der Waals surface area (Å²) in [6, 6.07) is 4.59. The van der Waals surface area contributed by atoms with Gasteiger partial charge in [0, 0.05) is 0 Å². The number of aromatic hydroxyl groups is 1. The Bertz CT molecular complexity index is 955. The molecule has 0 unspecified atom stereocenters. The van der Waals surface area contributed by atoms with E-state index in [1.54, 1.807) is 6.07 Å². The third kappa shape index (κ3) is 2.95. The predicted octanol–water partition coefficient (Wildman–Crippen LogP) is 5.99. The van der Waals surface area contributed by atoms with Crippen molar-refractivity contribution in [1.82, 2.24) is 0 Å². The quantitative estimate of drug-likeness (QED) is 0.532. The van der Waals surface area contributed by atoms with Crippen LogP contribution in [0, 0.1) is 39.4 Å². The zero-order valence-corrected chi connectivity index (χ0v) is 20.1. The first-order valence-corrected chi connectivity index (χ1v) is 12.1. The Morgan fingerprint density at radius 2 is 1.62 bits per heavy atom. The number of fused-ring (bicyclic) bond motifs is 3. The van der Waals surface area contributed by atoms with Crippen LogP contribution in [-0.4, -0.2) is 27.3 Å². The largest absolute Gasteiger partial charge is 0.508 e. The molecule has 1 aromatic rings. The van der Waals surface area contributed by atoms with Gasteiger partial charge in [0.25, 0.3) is 0 Å². The van der Waals surface area contributed by atoms with E-state index in [-0.39, 0.29) is 27.6 Å². The van der Waals surface area contributed by atoms with E-state index < -0.39 is 17.4 Å². The van der Waals surface area contributed by atoms with Crippen LogP contribution in [0.15, 0.2) is 18.2 Å². The highest BCUT2D eigenvalue weighted by Gasteiger charge is 2.68. The molecule has 0 heterocycles. The molecule has 0 radical (unpaired) electrons. The van der Waals surface area contributed by atoms with Crippen molar-refractivity contribution in [3.63, 3.8) is 0 Å². The molecule has 0 saturated heterocycles. The molecular weight excluding hydrogens is 404 g/mol. The lowest BCUT2D eigenvalue weighted by Gasteiger charge is -2.65. The molecule has 7 atom stereocenters. The van der Waals surface area contributed by atoms with E-state index in [1.807, 2.05) is 6.92 Å². The smallest absolute Gasteiger partial charge is 0.335 e. The van der Waals surface area contributed by atoms with Crippen molar-refractivity contribution in [2.45, 2.75) is 79.6 Å². The Labute approximate surface area is 191 Å². The van der Waals surface area contributed by atoms with Crippen molar-refractivity contribution in [2.24, 2.45) is 39.4 Å². The second-order valence-electron chi connectivity index (χ2n) is 12.0. The number of carboxylic acids is 2. The molecule has 3 fully saturated rings. The Morgan fingerprint density at radius 1 is 0.969 bits per heavy atom. The van der Waals surface area contributed by atoms with Gasteiger partial charge in [-0.05, 0) is 110 Å². The van der Waals surface area contributed by atoms with Gasteiger partial charge < -0.3 is 15.3 Å². The van der Waals surface area contributed by atoms with Crippen LogP contribution < -0.4 is 0 Å². The highest BCUT2D eigenvalue weighted by atomic mass is 16.4. The van der Waals surface area contributed by atoms with Gasteiger partial charge in [-0.15, -0.1) is 0 Å². The van der Waals surface area contributed by atoms with E-state index in [0.717, 1.165) is 38.5 Å². The minimum atomic E-state index is -0.981. The SMILES string of the molecule is C[C@@H]1CC[C@@]2(C)[C@@H](CC[C@]3(C)[C@@H]2CC[C@@]3(C)C(=O)O)[C@]1(C)Cc1cc(C(=O)O)ccc1O. The van der Waals surface area contributed by atoms with Gasteiger partial charge in [0.15, 0.2) is 0 Å². The van der Waals surface area contributed by atoms with Crippen LogP contribution in [-0.2, 0) is 11.2 Å². The number of phenolic OH excluding ortho intramolecular Hbond substituents is 1. The lowest BCUT2D eigenvalue weighted by molar-refractivity contribution is -0.179. The van der Waals surface area contributed by atoms with Gasteiger partial charge in [-0.2, -0.15) is 0 Å². The molecule has 4 rings (SSSR count). The molecule has 176 valence electrons. The van der Waals surface area contributed by atoms with Crippen molar-refractivity contribution in [3.8, 4) is 5.75 Å². The van der Waals surface area contributed by atoms with Crippen LogP contribution in [0.25, 0.3) is 0 Å². The molecule has 32 heavy (non-hydrogen) atoms. The number of carbonyl (C=O) groups is 2. The van der Waals surface area contributed by atoms with Gasteiger partial charge in [0.1, 0.15) is 5.75 Å². The second kappa shape index (κ2) is 7.23. The minimum absolute atomic E-state index is 0.0432. The van der Waals surface area contributed by atoms with Crippen molar-refractivity contribution in [3.05, 3.63) is 29.3 Å². The Hall–Kier alpha value is -2.04. The summed E-state index contributed by atoms with van der Waals surface area (Å²) in [4.78, 5) is 23.8. The predicted molar refractivity (Wildman–Crippen MR) is 123 cm³/mol. The monoisotopic (exact) mass is 442 g/mol. The average molecular weight is 443 g/mol. The van der Waals surface area contributed by atoms with Crippen molar-refractivity contribution < 1.29 is 24.9 Å². The lowest BCUT2D eigenvalue weighted by atomic mass is 9.39. The molecule has 5 heteroatoms. The van der Waals surface area contributed by atoms with Crippen LogP contribution in [0.1, 0.15) is 89.1 Å². The number of hydrogen-bond acceptors (Lipinski definition) is 3. The molecule has 0 aromatic heterocycles. The highest BCUT2D eigenvalue weighted by Crippen LogP contribution is 2.73. The standard InChI is InChI=1S/C27H38O5/c1-16-8-11-24(2)20(9-12-26(4)21(24)10-13-27(26,5)23(31)32)25(16,3)15-18-14-17(22(29)30)6-7-19(18)28/h6-7,14,16,20-21,28H,8-13,15H2,1-5H3,(H,29,30)(H,31,32)/t16-,20-,21-,24+,25-,26-,27+/m1/s1.